The lowest BCUT2D eigenvalue weighted by Crippen LogP contribution is -2.48. The summed E-state index contributed by atoms with van der Waals surface area (Å²) in [7, 11) is -1.44. The molecule has 0 spiro atoms. The van der Waals surface area contributed by atoms with Crippen LogP contribution in [0.4, 0.5) is 22.0 Å². The van der Waals surface area contributed by atoms with Crippen LogP contribution in [0.2, 0.25) is 0 Å². The molecule has 1 aromatic heterocycles. The summed E-state index contributed by atoms with van der Waals surface area (Å²) in [6, 6.07) is 43.8. The first-order chi connectivity index (χ1) is 31.5. The maximum absolute atomic E-state index is 15.2. The number of aromatic nitrogens is 1. The third-order valence-corrected chi connectivity index (χ3v) is 12.9. The molecule has 0 saturated carbocycles. The maximum Gasteiger partial charge on any atom is 0.456 e. The van der Waals surface area contributed by atoms with Crippen molar-refractivity contribution in [3.8, 4) is 22.4 Å². The van der Waals surface area contributed by atoms with Gasteiger partial charge in [0, 0.05) is 28.1 Å². The smallest absolute Gasteiger partial charge is 0.406 e. The van der Waals surface area contributed by atoms with E-state index in [0.29, 0.717) is 28.1 Å². The Balaban J connectivity index is 1.59. The maximum atomic E-state index is 15.2. The number of aliphatic imine (C=N–C) groups is 1. The number of hydrogen-bond acceptors (Lipinski definition) is 2. The van der Waals surface area contributed by atoms with Crippen LogP contribution in [0.25, 0.3) is 33.5 Å². The Morgan fingerprint density at radius 1 is 0.529 bits per heavy atom. The number of alkyl halides is 5. The second-order valence-electron chi connectivity index (χ2n) is 22.3. The predicted octanol–water partition coefficient (Wildman–Crippen LogP) is 15.8. The lowest BCUT2D eigenvalue weighted by atomic mass is 9.71. The second kappa shape index (κ2) is 18.3. The van der Waals surface area contributed by atoms with Crippen LogP contribution < -0.4 is 5.46 Å². The van der Waals surface area contributed by atoms with Gasteiger partial charge in [-0.25, -0.2) is 4.99 Å². The summed E-state index contributed by atoms with van der Waals surface area (Å²) in [5.74, 6) is -5.14. The summed E-state index contributed by atoms with van der Waals surface area (Å²) >= 11 is 0. The molecule has 6 aromatic rings. The van der Waals surface area contributed by atoms with Crippen LogP contribution in [0.1, 0.15) is 129 Å². The highest BCUT2D eigenvalue weighted by molar-refractivity contribution is 6.66. The normalized spacial score (nSPS) is 14.8. The zero-order chi connectivity index (χ0) is 49.8. The molecule has 0 atom stereocenters. The van der Waals surface area contributed by atoms with Crippen molar-refractivity contribution < 1.29 is 26.6 Å². The van der Waals surface area contributed by atoms with E-state index in [9.17, 15) is 13.2 Å². The van der Waals surface area contributed by atoms with E-state index in [-0.39, 0.29) is 21.7 Å². The largest absolute Gasteiger partial charge is 0.456 e. The Morgan fingerprint density at radius 3 is 1.37 bits per heavy atom. The van der Waals surface area contributed by atoms with Crippen molar-refractivity contribution in [1.29, 1.82) is 0 Å². The summed E-state index contributed by atoms with van der Waals surface area (Å²) in [4.78, 5) is 5.43. The van der Waals surface area contributed by atoms with Gasteiger partial charge >= 0.3 is 19.1 Å². The van der Waals surface area contributed by atoms with Crippen molar-refractivity contribution >= 4 is 29.4 Å². The zero-order valence-corrected chi connectivity index (χ0v) is 41.8. The second-order valence-corrected chi connectivity index (χ2v) is 22.3. The Bertz CT molecular complexity index is 2840. The van der Waals surface area contributed by atoms with Crippen LogP contribution in [-0.4, -0.2) is 35.9 Å². The van der Waals surface area contributed by atoms with Crippen molar-refractivity contribution in [2.24, 2.45) is 4.99 Å². The fourth-order valence-electron chi connectivity index (χ4n) is 8.56. The van der Waals surface area contributed by atoms with Crippen molar-refractivity contribution in [3.05, 3.63) is 184 Å². The average molecular weight is 923 g/mol. The minimum atomic E-state index is -5.83. The highest BCUT2D eigenvalue weighted by Gasteiger charge is 2.58. The molecule has 0 bridgehead atoms. The summed E-state index contributed by atoms with van der Waals surface area (Å²) in [5.41, 5.74) is 12.6. The number of allylic oxidation sites excluding steroid dienone is 3. The molecule has 0 fully saturated rings. The van der Waals surface area contributed by atoms with E-state index in [4.69, 9.17) is 9.65 Å². The fraction of sp³-hybridized carbons (Fsp3) is 0.339. The predicted molar refractivity (Wildman–Crippen MR) is 274 cm³/mol. The molecule has 68 heavy (non-hydrogen) atoms. The highest BCUT2D eigenvalue weighted by atomic mass is 19.4. The molecule has 7 rings (SSSR count). The summed E-state index contributed by atoms with van der Waals surface area (Å²) in [6.45, 7) is 25.9. The van der Waals surface area contributed by atoms with E-state index in [1.165, 1.54) is 5.56 Å². The van der Waals surface area contributed by atoms with E-state index >= 15 is 8.78 Å². The number of benzene rings is 5. The van der Waals surface area contributed by atoms with Crippen LogP contribution >= 0.6 is 0 Å². The Kier molecular flexibility index (Phi) is 13.5. The summed E-state index contributed by atoms with van der Waals surface area (Å²) in [5, 5.41) is 0. The molecule has 0 unspecified atom stereocenters. The Hall–Kier alpha value is -5.80. The lowest BCUT2D eigenvalue weighted by molar-refractivity contribution is -0.290. The van der Waals surface area contributed by atoms with Crippen molar-refractivity contribution in [2.45, 2.75) is 124 Å². The third kappa shape index (κ3) is 10.6. The summed E-state index contributed by atoms with van der Waals surface area (Å²) in [6.07, 6.45) is -3.75. The van der Waals surface area contributed by atoms with E-state index in [1.807, 2.05) is 49.4 Å². The molecule has 3 nitrogen and oxygen atoms in total. The van der Waals surface area contributed by atoms with E-state index < -0.39 is 25.8 Å². The highest BCUT2D eigenvalue weighted by Crippen LogP contribution is 2.44. The molecule has 0 N–H and O–H groups in total. The minimum Gasteiger partial charge on any atom is -0.406 e. The van der Waals surface area contributed by atoms with Crippen LogP contribution in [0.15, 0.2) is 150 Å². The van der Waals surface area contributed by atoms with Gasteiger partial charge in [0.25, 0.3) is 0 Å². The zero-order valence-electron chi connectivity index (χ0n) is 41.8. The van der Waals surface area contributed by atoms with Crippen LogP contribution in [0.5, 0.6) is 0 Å². The van der Waals surface area contributed by atoms with Crippen molar-refractivity contribution in [1.82, 2.24) is 4.48 Å². The van der Waals surface area contributed by atoms with Gasteiger partial charge in [-0.1, -0.05) is 210 Å². The van der Waals surface area contributed by atoms with E-state index in [0.717, 1.165) is 55.8 Å². The molecule has 354 valence electrons. The monoisotopic (exact) mass is 923 g/mol. The van der Waals surface area contributed by atoms with Crippen LogP contribution in [0, 0.1) is 0 Å². The molecule has 1 aliphatic rings. The number of halogens is 5. The molecule has 0 aliphatic carbocycles. The molecule has 0 radical (unpaired) electrons. The van der Waals surface area contributed by atoms with E-state index in [2.05, 4.69) is 150 Å². The van der Waals surface area contributed by atoms with Crippen LogP contribution in [-0.2, 0) is 26.3 Å². The van der Waals surface area contributed by atoms with Gasteiger partial charge in [0.15, 0.2) is 0 Å². The number of rotatable bonds is 10. The molecule has 0 amide bonds. The first-order valence-corrected chi connectivity index (χ1v) is 23.4. The van der Waals surface area contributed by atoms with Gasteiger partial charge in [0.1, 0.15) is 6.61 Å². The van der Waals surface area contributed by atoms with Gasteiger partial charge in [-0.15, -0.1) is 0 Å². The standard InChI is InChI=1S/C59H64BF5N2O/c1-38(52-48(39-19-27-43(28-20-39)54(2,3)4)35-50(66-52)41-23-31-45(32-24-41)56(8,9)10)53-49(40-21-29-44(30-22-40)55(5,6)7)36-51(42-25-33-46(34-26-42)57(11,12)13)67(53)60(47-17-15-14-16-18-47)68-37-58(61,62)59(63,64)65/h14-36H,37H2,1-13H3/b52-38-. The molecule has 0 saturated heterocycles. The SMILES string of the molecule is C/C(=C1/N=C(c2ccc(C(C)(C)C)cc2)C=C1c1ccc(C(C)(C)C)cc1)c1c(-c2ccc(C(C)(C)C)cc2)cc(-c2ccc(C(C)(C)C)cc2)n1B(OCC(F)(F)C(F)(F)F)c1ccccc1. The Morgan fingerprint density at radius 2 is 0.941 bits per heavy atom. The fourth-order valence-corrected chi connectivity index (χ4v) is 8.56. The van der Waals surface area contributed by atoms with Gasteiger partial charge in [0.2, 0.25) is 0 Å². The summed E-state index contributed by atoms with van der Waals surface area (Å²) < 4.78 is 80.1. The third-order valence-electron chi connectivity index (χ3n) is 12.9. The van der Waals surface area contributed by atoms with Gasteiger partial charge in [-0.3, -0.25) is 0 Å². The van der Waals surface area contributed by atoms with Crippen molar-refractivity contribution in [2.75, 3.05) is 6.61 Å². The molecular formula is C59H64BF5N2O. The molecule has 5 aromatic carbocycles. The van der Waals surface area contributed by atoms with Gasteiger partial charge in [0.05, 0.1) is 11.4 Å². The van der Waals surface area contributed by atoms with Gasteiger partial charge in [-0.2, -0.15) is 22.0 Å². The number of nitrogens with zero attached hydrogens (tertiary/aromatic N) is 2. The van der Waals surface area contributed by atoms with E-state index in [1.54, 1.807) is 34.8 Å². The average Bonchev–Trinajstić information content (AvgIpc) is 3.89. The molecular weight excluding hydrogens is 858 g/mol. The van der Waals surface area contributed by atoms with Crippen LogP contribution in [0.3, 0.4) is 0 Å². The Labute approximate surface area is 401 Å². The van der Waals surface area contributed by atoms with Gasteiger partial charge < -0.3 is 9.13 Å². The molecule has 2 heterocycles. The molecule has 1 aliphatic heterocycles. The lowest BCUT2D eigenvalue weighted by Gasteiger charge is -2.27. The quantitative estimate of drug-likeness (QED) is 0.0993. The first-order valence-electron chi connectivity index (χ1n) is 23.4. The first kappa shape index (κ1) is 50.1. The van der Waals surface area contributed by atoms with Gasteiger partial charge in [-0.05, 0) is 90.7 Å². The minimum absolute atomic E-state index is 0.0629. The topological polar surface area (TPSA) is 26.5 Å². The number of hydrogen-bond donors (Lipinski definition) is 0. The molecule has 9 heteroatoms. The van der Waals surface area contributed by atoms with Crippen molar-refractivity contribution in [3.63, 3.8) is 0 Å².